The molecule has 0 bridgehead atoms. The Labute approximate surface area is 107 Å². The largest absolute Gasteiger partial charge is 0.618 e. The molecule has 1 aromatic rings. The van der Waals surface area contributed by atoms with Crippen LogP contribution in [0.4, 0.5) is 0 Å². The second-order valence-electron chi connectivity index (χ2n) is 4.76. The number of carbonyl (C=O) groups is 1. The van der Waals surface area contributed by atoms with Crippen LogP contribution in [-0.4, -0.2) is 23.2 Å². The monoisotopic (exact) mass is 252 g/mol. The van der Waals surface area contributed by atoms with Gasteiger partial charge in [-0.05, 0) is 18.9 Å². The summed E-state index contributed by atoms with van der Waals surface area (Å²) in [4.78, 5) is 11.8. The van der Waals surface area contributed by atoms with E-state index in [1.165, 1.54) is 12.3 Å². The first-order chi connectivity index (χ1) is 8.38. The topological polar surface area (TPSA) is 76.3 Å². The van der Waals surface area contributed by atoms with Gasteiger partial charge in [0.05, 0.1) is 5.60 Å². The third-order valence-corrected chi connectivity index (χ3v) is 3.34. The maximum Gasteiger partial charge on any atom is 0.317 e. The minimum Gasteiger partial charge on any atom is -0.618 e. The van der Waals surface area contributed by atoms with Crippen molar-refractivity contribution in [2.45, 2.75) is 32.8 Å². The fourth-order valence-electron chi connectivity index (χ4n) is 1.57. The van der Waals surface area contributed by atoms with Crippen LogP contribution in [0.3, 0.4) is 0 Å². The van der Waals surface area contributed by atoms with E-state index in [1.54, 1.807) is 19.1 Å². The Morgan fingerprint density at radius 2 is 2.28 bits per heavy atom. The quantitative estimate of drug-likeness (QED) is 0.602. The maximum absolute atomic E-state index is 11.8. The van der Waals surface area contributed by atoms with Gasteiger partial charge in [-0.3, -0.25) is 4.79 Å². The van der Waals surface area contributed by atoms with Crippen LogP contribution in [0.5, 0.6) is 0 Å². The van der Waals surface area contributed by atoms with Crippen molar-refractivity contribution in [2.24, 2.45) is 5.92 Å². The first-order valence-corrected chi connectivity index (χ1v) is 6.07. The smallest absolute Gasteiger partial charge is 0.317 e. The van der Waals surface area contributed by atoms with Crippen molar-refractivity contribution in [3.63, 3.8) is 0 Å². The zero-order valence-electron chi connectivity index (χ0n) is 11.0. The van der Waals surface area contributed by atoms with Crippen molar-refractivity contribution in [1.29, 1.82) is 0 Å². The van der Waals surface area contributed by atoms with E-state index in [2.05, 4.69) is 5.32 Å². The number of amides is 1. The molecule has 0 saturated carbocycles. The van der Waals surface area contributed by atoms with Crippen LogP contribution in [0.2, 0.25) is 0 Å². The molecule has 0 aliphatic heterocycles. The van der Waals surface area contributed by atoms with Crippen LogP contribution < -0.4 is 10.0 Å². The zero-order chi connectivity index (χ0) is 13.8. The summed E-state index contributed by atoms with van der Waals surface area (Å²) in [5, 5.41) is 24.1. The SMILES string of the molecule is CCC(C)C(C)(O)CNC(=O)c1cccc[n+]1[O-]. The molecule has 2 unspecified atom stereocenters. The second kappa shape index (κ2) is 5.82. The maximum atomic E-state index is 11.8. The third kappa shape index (κ3) is 3.43. The standard InChI is InChI=1S/C13H20N2O3/c1-4-10(2)13(3,17)9-14-12(16)11-7-5-6-8-15(11)18/h5-8,10,17H,4,9H2,1-3H3,(H,14,16). The van der Waals surface area contributed by atoms with Gasteiger partial charge >= 0.3 is 5.91 Å². The van der Waals surface area contributed by atoms with E-state index >= 15 is 0 Å². The number of hydrogen-bond acceptors (Lipinski definition) is 3. The molecule has 5 heteroatoms. The first-order valence-electron chi connectivity index (χ1n) is 6.07. The van der Waals surface area contributed by atoms with E-state index in [0.717, 1.165) is 6.42 Å². The summed E-state index contributed by atoms with van der Waals surface area (Å²) in [5.74, 6) is -0.415. The molecule has 0 saturated heterocycles. The molecule has 2 atom stereocenters. The second-order valence-corrected chi connectivity index (χ2v) is 4.76. The Morgan fingerprint density at radius 3 is 2.83 bits per heavy atom. The Hall–Kier alpha value is -1.62. The van der Waals surface area contributed by atoms with Crippen molar-refractivity contribution >= 4 is 5.91 Å². The number of rotatable bonds is 5. The molecule has 1 amide bonds. The highest BCUT2D eigenvalue weighted by Gasteiger charge is 2.28. The summed E-state index contributed by atoms with van der Waals surface area (Å²) in [6.07, 6.45) is 2.08. The average molecular weight is 252 g/mol. The molecule has 1 rings (SSSR count). The third-order valence-electron chi connectivity index (χ3n) is 3.34. The number of aromatic nitrogens is 1. The molecule has 5 nitrogen and oxygen atoms in total. The van der Waals surface area contributed by atoms with Gasteiger partial charge in [-0.1, -0.05) is 20.3 Å². The molecule has 0 spiro atoms. The average Bonchev–Trinajstić information content (AvgIpc) is 2.35. The minimum absolute atomic E-state index is 0.0254. The van der Waals surface area contributed by atoms with Crippen molar-refractivity contribution < 1.29 is 14.6 Å². The predicted molar refractivity (Wildman–Crippen MR) is 67.8 cm³/mol. The molecule has 100 valence electrons. The van der Waals surface area contributed by atoms with Gasteiger partial charge in [-0.15, -0.1) is 0 Å². The lowest BCUT2D eigenvalue weighted by molar-refractivity contribution is -0.607. The Bertz CT molecular complexity index is 418. The van der Waals surface area contributed by atoms with Crippen molar-refractivity contribution in [1.82, 2.24) is 5.32 Å². The van der Waals surface area contributed by atoms with E-state index in [9.17, 15) is 15.1 Å². The van der Waals surface area contributed by atoms with Crippen LogP contribution in [0.1, 0.15) is 37.7 Å². The Morgan fingerprint density at radius 1 is 1.61 bits per heavy atom. The van der Waals surface area contributed by atoms with Crippen LogP contribution in [0, 0.1) is 11.1 Å². The molecule has 0 fully saturated rings. The highest BCUT2D eigenvalue weighted by Crippen LogP contribution is 2.18. The summed E-state index contributed by atoms with van der Waals surface area (Å²) in [5.41, 5.74) is -0.954. The van der Waals surface area contributed by atoms with Crippen LogP contribution in [-0.2, 0) is 0 Å². The molecular formula is C13H20N2O3. The summed E-state index contributed by atoms with van der Waals surface area (Å²) >= 11 is 0. The number of nitrogens with zero attached hydrogens (tertiary/aromatic N) is 1. The lowest BCUT2D eigenvalue weighted by Gasteiger charge is -2.29. The summed E-state index contributed by atoms with van der Waals surface area (Å²) in [7, 11) is 0. The summed E-state index contributed by atoms with van der Waals surface area (Å²) in [6, 6.07) is 4.62. The number of pyridine rings is 1. The number of carbonyl (C=O) groups excluding carboxylic acids is 1. The molecule has 18 heavy (non-hydrogen) atoms. The van der Waals surface area contributed by atoms with Crippen molar-refractivity contribution in [3.8, 4) is 0 Å². The molecule has 0 radical (unpaired) electrons. The fourth-order valence-corrected chi connectivity index (χ4v) is 1.57. The van der Waals surface area contributed by atoms with Gasteiger partial charge in [-0.25, -0.2) is 0 Å². The van der Waals surface area contributed by atoms with Crippen molar-refractivity contribution in [3.05, 3.63) is 35.3 Å². The molecule has 0 aromatic carbocycles. The molecule has 0 aliphatic carbocycles. The molecule has 1 aromatic heterocycles. The van der Waals surface area contributed by atoms with E-state index in [-0.39, 0.29) is 18.2 Å². The van der Waals surface area contributed by atoms with Crippen molar-refractivity contribution in [2.75, 3.05) is 6.54 Å². The fraction of sp³-hybridized carbons (Fsp3) is 0.538. The predicted octanol–water partition coefficient (Wildman–Crippen LogP) is 0.847. The zero-order valence-corrected chi connectivity index (χ0v) is 11.0. The van der Waals surface area contributed by atoms with E-state index in [1.807, 2.05) is 13.8 Å². The number of hydrogen-bond donors (Lipinski definition) is 2. The minimum atomic E-state index is -0.979. The van der Waals surface area contributed by atoms with Crippen LogP contribution in [0.15, 0.2) is 24.4 Å². The van der Waals surface area contributed by atoms with E-state index in [4.69, 9.17) is 0 Å². The van der Waals surface area contributed by atoms with Gasteiger partial charge in [0.2, 0.25) is 0 Å². The lowest BCUT2D eigenvalue weighted by Crippen LogP contribution is -2.47. The molecular weight excluding hydrogens is 232 g/mol. The van der Waals surface area contributed by atoms with Gasteiger partial charge in [0, 0.05) is 18.7 Å². The van der Waals surface area contributed by atoms with Gasteiger partial charge in [-0.2, -0.15) is 4.73 Å². The lowest BCUT2D eigenvalue weighted by atomic mass is 9.88. The van der Waals surface area contributed by atoms with Gasteiger partial charge in [0.15, 0.2) is 6.20 Å². The van der Waals surface area contributed by atoms with E-state index in [0.29, 0.717) is 4.73 Å². The van der Waals surface area contributed by atoms with Gasteiger partial charge in [0.25, 0.3) is 5.69 Å². The number of aliphatic hydroxyl groups is 1. The van der Waals surface area contributed by atoms with E-state index < -0.39 is 11.5 Å². The van der Waals surface area contributed by atoms with Crippen LogP contribution in [0.25, 0.3) is 0 Å². The Kier molecular flexibility index (Phi) is 4.67. The summed E-state index contributed by atoms with van der Waals surface area (Å²) < 4.78 is 0.507. The first kappa shape index (κ1) is 14.4. The summed E-state index contributed by atoms with van der Waals surface area (Å²) in [6.45, 7) is 5.69. The number of nitrogens with one attached hydrogen (secondary N) is 1. The highest BCUT2D eigenvalue weighted by atomic mass is 16.5. The normalized spacial score (nSPS) is 15.8. The Balaban J connectivity index is 2.65. The molecule has 0 aliphatic rings. The van der Waals surface area contributed by atoms with Gasteiger partial charge < -0.3 is 15.6 Å². The molecule has 1 heterocycles. The van der Waals surface area contributed by atoms with Gasteiger partial charge in [0.1, 0.15) is 0 Å². The highest BCUT2D eigenvalue weighted by molar-refractivity contribution is 5.90. The van der Waals surface area contributed by atoms with Crippen LogP contribution >= 0.6 is 0 Å². The molecule has 2 N–H and O–H groups in total.